The van der Waals surface area contributed by atoms with Gasteiger partial charge in [0.2, 0.25) is 5.91 Å². The summed E-state index contributed by atoms with van der Waals surface area (Å²) in [6.45, 7) is 8.35. The molecule has 9 nitrogen and oxygen atoms in total. The van der Waals surface area contributed by atoms with E-state index in [1.807, 2.05) is 6.20 Å². The summed E-state index contributed by atoms with van der Waals surface area (Å²) >= 11 is 0. The number of morpholine rings is 1. The van der Waals surface area contributed by atoms with Crippen molar-refractivity contribution < 1.29 is 14.1 Å². The van der Waals surface area contributed by atoms with Crippen LogP contribution in [-0.4, -0.2) is 77.0 Å². The fraction of sp³-hybridized carbons (Fsp3) is 0.632. The summed E-state index contributed by atoms with van der Waals surface area (Å²) < 4.78 is 10.4. The lowest BCUT2D eigenvalue weighted by molar-refractivity contribution is -0.117. The van der Waals surface area contributed by atoms with Crippen molar-refractivity contribution in [1.82, 2.24) is 25.2 Å². The molecule has 152 valence electrons. The third-order valence-corrected chi connectivity index (χ3v) is 5.43. The van der Waals surface area contributed by atoms with Crippen LogP contribution in [0.15, 0.2) is 16.8 Å². The van der Waals surface area contributed by atoms with Crippen molar-refractivity contribution in [3.8, 4) is 0 Å². The number of nitrogens with one attached hydrogen (secondary N) is 2. The molecule has 4 heterocycles. The van der Waals surface area contributed by atoms with E-state index >= 15 is 0 Å². The minimum Gasteiger partial charge on any atom is -0.379 e. The maximum absolute atomic E-state index is 12.3. The lowest BCUT2D eigenvalue weighted by Gasteiger charge is -2.32. The first kappa shape index (κ1) is 19.1. The van der Waals surface area contributed by atoms with Crippen LogP contribution < -0.4 is 5.32 Å². The van der Waals surface area contributed by atoms with Crippen molar-refractivity contribution in [3.63, 3.8) is 0 Å². The summed E-state index contributed by atoms with van der Waals surface area (Å²) in [4.78, 5) is 17.0. The Labute approximate surface area is 164 Å². The topological polar surface area (TPSA) is 99.5 Å². The van der Waals surface area contributed by atoms with E-state index in [1.165, 1.54) is 11.3 Å². The monoisotopic (exact) mass is 388 g/mol. The maximum atomic E-state index is 12.3. The third-order valence-electron chi connectivity index (χ3n) is 5.43. The number of aryl methyl sites for hydroxylation is 1. The smallest absolute Gasteiger partial charge is 0.239 e. The van der Waals surface area contributed by atoms with Crippen LogP contribution in [0.4, 0.5) is 5.82 Å². The zero-order valence-electron chi connectivity index (χ0n) is 16.3. The Bertz CT molecular complexity index is 782. The molecule has 0 aromatic carbocycles. The van der Waals surface area contributed by atoms with E-state index in [0.717, 1.165) is 58.8 Å². The van der Waals surface area contributed by atoms with Crippen molar-refractivity contribution in [1.29, 1.82) is 0 Å². The lowest BCUT2D eigenvalue weighted by Crippen LogP contribution is -2.40. The summed E-state index contributed by atoms with van der Waals surface area (Å²) in [6.07, 6.45) is 4.12. The van der Waals surface area contributed by atoms with Gasteiger partial charge in [-0.2, -0.15) is 5.10 Å². The number of ether oxygens (including phenoxy) is 1. The molecule has 1 amide bonds. The Hall–Kier alpha value is -2.23. The largest absolute Gasteiger partial charge is 0.379 e. The molecular formula is C19H28N6O3. The number of hydrogen-bond acceptors (Lipinski definition) is 7. The first-order valence-corrected chi connectivity index (χ1v) is 9.95. The van der Waals surface area contributed by atoms with E-state index in [-0.39, 0.29) is 5.91 Å². The van der Waals surface area contributed by atoms with Crippen LogP contribution in [-0.2, 0) is 16.1 Å². The van der Waals surface area contributed by atoms with Crippen molar-refractivity contribution in [2.45, 2.75) is 32.2 Å². The zero-order chi connectivity index (χ0) is 19.3. The van der Waals surface area contributed by atoms with Crippen LogP contribution in [0.1, 0.15) is 35.8 Å². The molecule has 2 aliphatic heterocycles. The second-order valence-electron chi connectivity index (χ2n) is 7.64. The molecule has 0 radical (unpaired) electrons. The number of piperidine rings is 1. The highest BCUT2D eigenvalue weighted by Crippen LogP contribution is 2.28. The Balaban J connectivity index is 1.33. The van der Waals surface area contributed by atoms with Crippen molar-refractivity contribution >= 4 is 11.7 Å². The summed E-state index contributed by atoms with van der Waals surface area (Å²) in [5.74, 6) is 1.46. The van der Waals surface area contributed by atoms with Gasteiger partial charge in [0.25, 0.3) is 0 Å². The molecule has 2 saturated heterocycles. The Kier molecular flexibility index (Phi) is 6.04. The predicted octanol–water partition coefficient (Wildman–Crippen LogP) is 1.36. The Morgan fingerprint density at radius 1 is 1.32 bits per heavy atom. The van der Waals surface area contributed by atoms with Gasteiger partial charge < -0.3 is 14.6 Å². The van der Waals surface area contributed by atoms with E-state index in [1.54, 1.807) is 13.0 Å². The molecule has 1 atom stereocenters. The number of rotatable bonds is 6. The van der Waals surface area contributed by atoms with Crippen LogP contribution in [0.3, 0.4) is 0 Å². The molecule has 2 fully saturated rings. The highest BCUT2D eigenvalue weighted by Gasteiger charge is 2.26. The second kappa shape index (κ2) is 8.85. The molecule has 2 aromatic heterocycles. The first-order valence-electron chi connectivity index (χ1n) is 9.95. The first-order chi connectivity index (χ1) is 13.7. The number of hydrogen-bond donors (Lipinski definition) is 2. The number of nitrogens with zero attached hydrogens (tertiary/aromatic N) is 4. The summed E-state index contributed by atoms with van der Waals surface area (Å²) in [6, 6.07) is 1.72. The zero-order valence-corrected chi connectivity index (χ0v) is 16.3. The number of carbonyl (C=O) groups excluding carboxylic acids is 1. The average molecular weight is 388 g/mol. The van der Waals surface area contributed by atoms with E-state index < -0.39 is 0 Å². The van der Waals surface area contributed by atoms with Gasteiger partial charge in [-0.05, 0) is 26.3 Å². The van der Waals surface area contributed by atoms with Gasteiger partial charge >= 0.3 is 0 Å². The van der Waals surface area contributed by atoms with Gasteiger partial charge in [-0.3, -0.25) is 19.7 Å². The van der Waals surface area contributed by atoms with E-state index in [0.29, 0.717) is 24.0 Å². The molecule has 9 heteroatoms. The molecular weight excluding hydrogens is 360 g/mol. The van der Waals surface area contributed by atoms with Crippen LogP contribution in [0.25, 0.3) is 0 Å². The molecule has 0 spiro atoms. The number of aromatic amines is 1. The van der Waals surface area contributed by atoms with Crippen LogP contribution >= 0.6 is 0 Å². The van der Waals surface area contributed by atoms with Gasteiger partial charge in [0.1, 0.15) is 5.76 Å². The highest BCUT2D eigenvalue weighted by atomic mass is 16.5. The Morgan fingerprint density at radius 3 is 2.96 bits per heavy atom. The molecule has 0 aliphatic carbocycles. The Morgan fingerprint density at radius 2 is 2.18 bits per heavy atom. The minimum atomic E-state index is -0.0629. The lowest BCUT2D eigenvalue weighted by atomic mass is 9.92. The molecule has 1 unspecified atom stereocenters. The third kappa shape index (κ3) is 4.78. The number of H-pyrrole nitrogens is 1. The van der Waals surface area contributed by atoms with Gasteiger partial charge in [0.05, 0.1) is 26.0 Å². The van der Waals surface area contributed by atoms with Gasteiger partial charge in [-0.1, -0.05) is 5.16 Å². The van der Waals surface area contributed by atoms with Crippen molar-refractivity contribution in [2.24, 2.45) is 0 Å². The summed E-state index contributed by atoms with van der Waals surface area (Å²) in [5, 5.41) is 14.2. The molecule has 2 aliphatic rings. The molecule has 2 N–H and O–H groups in total. The maximum Gasteiger partial charge on any atom is 0.239 e. The number of carbonyl (C=O) groups is 1. The average Bonchev–Trinajstić information content (AvgIpc) is 3.31. The fourth-order valence-corrected chi connectivity index (χ4v) is 4.05. The molecule has 4 rings (SSSR count). The number of amides is 1. The normalized spacial score (nSPS) is 21.7. The van der Waals surface area contributed by atoms with E-state index in [2.05, 4.69) is 30.5 Å². The predicted molar refractivity (Wildman–Crippen MR) is 103 cm³/mol. The van der Waals surface area contributed by atoms with Gasteiger partial charge in [0, 0.05) is 49.4 Å². The van der Waals surface area contributed by atoms with E-state index in [9.17, 15) is 4.79 Å². The van der Waals surface area contributed by atoms with Crippen molar-refractivity contribution in [2.75, 3.05) is 51.3 Å². The number of anilines is 1. The fourth-order valence-electron chi connectivity index (χ4n) is 4.05. The van der Waals surface area contributed by atoms with E-state index in [4.69, 9.17) is 9.26 Å². The summed E-state index contributed by atoms with van der Waals surface area (Å²) in [5.41, 5.74) is 2.47. The molecule has 28 heavy (non-hydrogen) atoms. The van der Waals surface area contributed by atoms with Crippen molar-refractivity contribution in [3.05, 3.63) is 29.3 Å². The standard InChI is InChI=1S/C19H28N6O3/c1-14-9-17(23-28-14)21-18(26)13-25-4-2-3-15(11-25)19-16(10-20-22-19)12-24-5-7-27-8-6-24/h9-10,15H,2-8,11-13H2,1H3,(H,20,22)(H,21,23,26). The van der Waals surface area contributed by atoms with Gasteiger partial charge in [-0.25, -0.2) is 0 Å². The second-order valence-corrected chi connectivity index (χ2v) is 7.64. The highest BCUT2D eigenvalue weighted by molar-refractivity contribution is 5.91. The van der Waals surface area contributed by atoms with Crippen LogP contribution in [0.2, 0.25) is 0 Å². The number of likely N-dealkylation sites (tertiary alicyclic amines) is 1. The number of aromatic nitrogens is 3. The molecule has 0 bridgehead atoms. The molecule has 0 saturated carbocycles. The minimum absolute atomic E-state index is 0.0629. The molecule has 2 aromatic rings. The quantitative estimate of drug-likeness (QED) is 0.771. The van der Waals surface area contributed by atoms with Crippen LogP contribution in [0.5, 0.6) is 0 Å². The van der Waals surface area contributed by atoms with Crippen LogP contribution in [0, 0.1) is 6.92 Å². The van der Waals surface area contributed by atoms with Gasteiger partial charge in [-0.15, -0.1) is 0 Å². The SMILES string of the molecule is Cc1cc(NC(=O)CN2CCCC(c3[nH]ncc3CN3CCOCC3)C2)no1. The van der Waals surface area contributed by atoms with Gasteiger partial charge in [0.15, 0.2) is 5.82 Å². The summed E-state index contributed by atoms with van der Waals surface area (Å²) in [7, 11) is 0.